The predicted molar refractivity (Wildman–Crippen MR) is 95.6 cm³/mol. The molecular formula is C20H13NO2S. The fraction of sp³-hybridized carbons (Fsp3) is 0.0500. The highest BCUT2D eigenvalue weighted by atomic mass is 32.2. The average Bonchev–Trinajstić information content (AvgIpc) is 2.90. The quantitative estimate of drug-likeness (QED) is 0.614. The summed E-state index contributed by atoms with van der Waals surface area (Å²) in [6, 6.07) is 21.5. The summed E-state index contributed by atoms with van der Waals surface area (Å²) in [5.41, 5.74) is 10.2. The van der Waals surface area contributed by atoms with Gasteiger partial charge in [-0.25, -0.2) is 0 Å². The van der Waals surface area contributed by atoms with Gasteiger partial charge >= 0.3 is 0 Å². The topological polar surface area (TPSA) is 52.3 Å². The van der Waals surface area contributed by atoms with Gasteiger partial charge in [-0.3, -0.25) is 4.79 Å². The highest BCUT2D eigenvalue weighted by Crippen LogP contribution is 2.62. The number of carbonyl (C=O) groups is 1. The van der Waals surface area contributed by atoms with Gasteiger partial charge in [0.15, 0.2) is 0 Å². The highest BCUT2D eigenvalue weighted by Gasteiger charge is 2.52. The summed E-state index contributed by atoms with van der Waals surface area (Å²) in [6.45, 7) is 0. The van der Waals surface area contributed by atoms with Gasteiger partial charge in [0.1, 0.15) is 16.2 Å². The lowest BCUT2D eigenvalue weighted by Gasteiger charge is -2.36. The standard InChI is InChI=1S/C20H13NO2S/c21-15-9-5-8-14-18(15)19(22)24-20(14)12-6-1-3-10-16(12)23-17-11-4-2-7-13(17)20/h1-11H,21H2. The molecule has 5 rings (SSSR count). The Bertz CT molecular complexity index is 967. The van der Waals surface area contributed by atoms with E-state index in [0.717, 1.165) is 28.2 Å². The molecule has 0 saturated carbocycles. The van der Waals surface area contributed by atoms with Crippen LogP contribution in [0, 0.1) is 0 Å². The Morgan fingerprint density at radius 2 is 1.38 bits per heavy atom. The number of carbonyl (C=O) groups excluding carboxylic acids is 1. The Morgan fingerprint density at radius 1 is 0.792 bits per heavy atom. The minimum atomic E-state index is -0.604. The van der Waals surface area contributed by atoms with Crippen LogP contribution in [0.25, 0.3) is 0 Å². The third kappa shape index (κ3) is 1.56. The summed E-state index contributed by atoms with van der Waals surface area (Å²) < 4.78 is 5.48. The van der Waals surface area contributed by atoms with E-state index >= 15 is 0 Å². The lowest BCUT2D eigenvalue weighted by Crippen LogP contribution is -2.27. The second kappa shape index (κ2) is 4.65. The molecule has 116 valence electrons. The minimum Gasteiger partial charge on any atom is -0.457 e. The SMILES string of the molecule is Nc1cccc2c1C(=O)SC21c2ccccc2Oc2ccccc21. The zero-order chi connectivity index (χ0) is 16.3. The molecule has 0 amide bonds. The molecule has 0 aromatic heterocycles. The predicted octanol–water partition coefficient (Wildman–Crippen LogP) is 4.55. The lowest BCUT2D eigenvalue weighted by atomic mass is 9.80. The molecule has 0 aliphatic carbocycles. The number of ether oxygens (including phenoxy) is 1. The van der Waals surface area contributed by atoms with E-state index in [4.69, 9.17) is 10.5 Å². The molecule has 3 aromatic carbocycles. The first-order valence-electron chi connectivity index (χ1n) is 7.71. The first-order valence-corrected chi connectivity index (χ1v) is 8.52. The molecule has 4 heteroatoms. The maximum Gasteiger partial charge on any atom is 0.223 e. The Kier molecular flexibility index (Phi) is 2.65. The van der Waals surface area contributed by atoms with Gasteiger partial charge in [0.25, 0.3) is 0 Å². The van der Waals surface area contributed by atoms with Gasteiger partial charge in [0.05, 0.1) is 5.56 Å². The molecule has 0 atom stereocenters. The number of para-hydroxylation sites is 2. The van der Waals surface area contributed by atoms with E-state index in [0.29, 0.717) is 11.3 Å². The van der Waals surface area contributed by atoms with Crippen LogP contribution >= 0.6 is 11.8 Å². The zero-order valence-electron chi connectivity index (χ0n) is 12.7. The van der Waals surface area contributed by atoms with Crippen LogP contribution in [0.3, 0.4) is 0 Å². The van der Waals surface area contributed by atoms with Crippen molar-refractivity contribution in [1.82, 2.24) is 0 Å². The van der Waals surface area contributed by atoms with Gasteiger partial charge < -0.3 is 10.5 Å². The van der Waals surface area contributed by atoms with Crippen molar-refractivity contribution in [3.05, 3.63) is 89.0 Å². The smallest absolute Gasteiger partial charge is 0.223 e. The van der Waals surface area contributed by atoms with Crippen LogP contribution < -0.4 is 10.5 Å². The Morgan fingerprint density at radius 3 is 2.04 bits per heavy atom. The van der Waals surface area contributed by atoms with Crippen LogP contribution in [0.15, 0.2) is 66.7 Å². The monoisotopic (exact) mass is 331 g/mol. The van der Waals surface area contributed by atoms with E-state index < -0.39 is 4.75 Å². The lowest BCUT2D eigenvalue weighted by molar-refractivity contribution is 0.109. The largest absolute Gasteiger partial charge is 0.457 e. The Labute approximate surface area is 143 Å². The second-order valence-corrected chi connectivity index (χ2v) is 7.12. The Balaban J connectivity index is 1.94. The maximum atomic E-state index is 12.8. The fourth-order valence-corrected chi connectivity index (χ4v) is 5.14. The number of benzene rings is 3. The van der Waals surface area contributed by atoms with Crippen LogP contribution in [0.4, 0.5) is 5.69 Å². The number of rotatable bonds is 0. The number of nitrogens with two attached hydrogens (primary N) is 1. The maximum absolute atomic E-state index is 12.8. The van der Waals surface area contributed by atoms with Crippen molar-refractivity contribution in [2.24, 2.45) is 0 Å². The summed E-state index contributed by atoms with van der Waals surface area (Å²) in [5.74, 6) is 1.57. The molecular weight excluding hydrogens is 318 g/mol. The van der Waals surface area contributed by atoms with Crippen molar-refractivity contribution in [2.45, 2.75) is 4.75 Å². The van der Waals surface area contributed by atoms with Crippen molar-refractivity contribution >= 4 is 22.6 Å². The average molecular weight is 331 g/mol. The highest BCUT2D eigenvalue weighted by molar-refractivity contribution is 8.15. The molecule has 2 aliphatic rings. The molecule has 0 saturated heterocycles. The summed E-state index contributed by atoms with van der Waals surface area (Å²) >= 11 is 1.32. The molecule has 0 unspecified atom stereocenters. The molecule has 0 fully saturated rings. The van der Waals surface area contributed by atoms with Crippen LogP contribution in [0.1, 0.15) is 27.0 Å². The summed E-state index contributed by atoms with van der Waals surface area (Å²) in [5, 5.41) is 0.00889. The molecule has 0 radical (unpaired) electrons. The Hall–Kier alpha value is -2.72. The minimum absolute atomic E-state index is 0.00889. The zero-order valence-corrected chi connectivity index (χ0v) is 13.5. The van der Waals surface area contributed by atoms with Crippen molar-refractivity contribution in [3.63, 3.8) is 0 Å². The van der Waals surface area contributed by atoms with E-state index in [-0.39, 0.29) is 5.12 Å². The molecule has 2 N–H and O–H groups in total. The summed E-state index contributed by atoms with van der Waals surface area (Å²) in [7, 11) is 0. The molecule has 1 spiro atoms. The van der Waals surface area contributed by atoms with E-state index in [9.17, 15) is 4.79 Å². The van der Waals surface area contributed by atoms with Crippen molar-refractivity contribution < 1.29 is 9.53 Å². The van der Waals surface area contributed by atoms with Crippen molar-refractivity contribution in [3.8, 4) is 11.5 Å². The molecule has 3 nitrogen and oxygen atoms in total. The number of thioether (sulfide) groups is 1. The molecule has 24 heavy (non-hydrogen) atoms. The summed E-state index contributed by atoms with van der Waals surface area (Å²) in [6.07, 6.45) is 0. The first-order chi connectivity index (χ1) is 11.7. The van der Waals surface area contributed by atoms with Crippen LogP contribution in [-0.2, 0) is 4.75 Å². The first kappa shape index (κ1) is 13.7. The van der Waals surface area contributed by atoms with E-state index in [2.05, 4.69) is 0 Å². The van der Waals surface area contributed by atoms with Crippen molar-refractivity contribution in [1.29, 1.82) is 0 Å². The number of anilines is 1. The van der Waals surface area contributed by atoms with Crippen LogP contribution in [-0.4, -0.2) is 5.12 Å². The molecule has 0 bridgehead atoms. The van der Waals surface area contributed by atoms with Gasteiger partial charge in [-0.1, -0.05) is 60.3 Å². The third-order valence-electron chi connectivity index (χ3n) is 4.68. The number of hydrogen-bond acceptors (Lipinski definition) is 4. The third-order valence-corrected chi connectivity index (χ3v) is 6.03. The fourth-order valence-electron chi connectivity index (χ4n) is 3.69. The van der Waals surface area contributed by atoms with Gasteiger partial charge in [-0.15, -0.1) is 0 Å². The van der Waals surface area contributed by atoms with Gasteiger partial charge in [-0.2, -0.15) is 0 Å². The van der Waals surface area contributed by atoms with Gasteiger partial charge in [0, 0.05) is 16.8 Å². The normalized spacial score (nSPS) is 16.2. The second-order valence-electron chi connectivity index (χ2n) is 5.93. The van der Waals surface area contributed by atoms with Crippen LogP contribution in [0.5, 0.6) is 11.5 Å². The van der Waals surface area contributed by atoms with E-state index in [1.165, 1.54) is 11.8 Å². The number of fused-ring (bicyclic) bond motifs is 6. The van der Waals surface area contributed by atoms with Crippen LogP contribution in [0.2, 0.25) is 0 Å². The van der Waals surface area contributed by atoms with Crippen molar-refractivity contribution in [2.75, 3.05) is 5.73 Å². The molecule has 3 aromatic rings. The summed E-state index contributed by atoms with van der Waals surface area (Å²) in [4.78, 5) is 12.8. The van der Waals surface area contributed by atoms with Gasteiger partial charge in [-0.05, 0) is 23.8 Å². The van der Waals surface area contributed by atoms with Gasteiger partial charge in [0.2, 0.25) is 5.12 Å². The van der Waals surface area contributed by atoms with E-state index in [1.807, 2.05) is 60.7 Å². The molecule has 2 aliphatic heterocycles. The molecule has 2 heterocycles. The number of nitrogen functional groups attached to an aromatic ring is 1. The van der Waals surface area contributed by atoms with E-state index in [1.54, 1.807) is 6.07 Å². The number of hydrogen-bond donors (Lipinski definition) is 1.